The van der Waals surface area contributed by atoms with Crippen molar-refractivity contribution in [2.75, 3.05) is 6.61 Å². The van der Waals surface area contributed by atoms with Gasteiger partial charge in [-0.05, 0) is 38.2 Å². The molecule has 0 aromatic carbocycles. The number of halogens is 1. The Morgan fingerprint density at radius 2 is 2.32 bits per heavy atom. The van der Waals surface area contributed by atoms with Crippen LogP contribution in [0.25, 0.3) is 0 Å². The second-order valence-electron chi connectivity index (χ2n) is 4.50. The first-order valence-electron chi connectivity index (χ1n) is 6.05. The molecule has 1 aliphatic rings. The van der Waals surface area contributed by atoms with Gasteiger partial charge in [-0.25, -0.2) is 4.79 Å². The van der Waals surface area contributed by atoms with E-state index in [0.717, 1.165) is 12.5 Å². The summed E-state index contributed by atoms with van der Waals surface area (Å²) in [7, 11) is 0. The van der Waals surface area contributed by atoms with Crippen LogP contribution in [0, 0.1) is 16.0 Å². The van der Waals surface area contributed by atoms with Crippen molar-refractivity contribution < 1.29 is 14.5 Å². The minimum Gasteiger partial charge on any atom is -0.462 e. The van der Waals surface area contributed by atoms with Gasteiger partial charge in [-0.3, -0.25) is 0 Å². The van der Waals surface area contributed by atoms with Crippen LogP contribution in [0.2, 0.25) is 0 Å². The van der Waals surface area contributed by atoms with Crippen molar-refractivity contribution >= 4 is 27.7 Å². The number of aromatic nitrogens is 1. The molecule has 0 aliphatic heterocycles. The lowest BCUT2D eigenvalue weighted by Gasteiger charge is -2.24. The van der Waals surface area contributed by atoms with Crippen LogP contribution < -0.4 is 0 Å². The fourth-order valence-corrected chi connectivity index (χ4v) is 2.24. The normalized spacial score (nSPS) is 14.8. The lowest BCUT2D eigenvalue weighted by Crippen LogP contribution is -2.16. The first kappa shape index (κ1) is 13.9. The Labute approximate surface area is 118 Å². The molecular formula is C12H13BrN2O4. The third-order valence-electron chi connectivity index (χ3n) is 3.23. The molecule has 1 fully saturated rings. The maximum Gasteiger partial charge on any atom is 0.364 e. The number of carbonyl (C=O) groups is 1. The van der Waals surface area contributed by atoms with E-state index in [4.69, 9.17) is 4.74 Å². The molecule has 0 unspecified atom stereocenters. The summed E-state index contributed by atoms with van der Waals surface area (Å²) in [6.45, 7) is 0.353. The van der Waals surface area contributed by atoms with Gasteiger partial charge in [0.25, 0.3) is 0 Å². The largest absolute Gasteiger partial charge is 0.462 e. The van der Waals surface area contributed by atoms with Crippen molar-refractivity contribution in [3.8, 4) is 0 Å². The minimum atomic E-state index is -0.641. The van der Waals surface area contributed by atoms with Crippen molar-refractivity contribution in [3.63, 3.8) is 0 Å². The van der Waals surface area contributed by atoms with Gasteiger partial charge in [0, 0.05) is 0 Å². The second kappa shape index (κ2) is 6.10. The highest BCUT2D eigenvalue weighted by molar-refractivity contribution is 9.10. The van der Waals surface area contributed by atoms with E-state index in [1.54, 1.807) is 0 Å². The summed E-state index contributed by atoms with van der Waals surface area (Å²) < 4.78 is 5.53. The first-order chi connectivity index (χ1) is 9.08. The second-order valence-corrected chi connectivity index (χ2v) is 5.36. The lowest BCUT2D eigenvalue weighted by atomic mass is 9.83. The topological polar surface area (TPSA) is 82.3 Å². The molecule has 0 atom stereocenters. The highest BCUT2D eigenvalue weighted by Gasteiger charge is 2.20. The molecule has 102 valence electrons. The van der Waals surface area contributed by atoms with Crippen molar-refractivity contribution in [1.29, 1.82) is 0 Å². The van der Waals surface area contributed by atoms with Crippen LogP contribution in [0.1, 0.15) is 36.0 Å². The zero-order valence-corrected chi connectivity index (χ0v) is 11.8. The number of pyridine rings is 1. The Balaban J connectivity index is 1.96. The maximum absolute atomic E-state index is 11.8. The van der Waals surface area contributed by atoms with E-state index in [-0.39, 0.29) is 11.4 Å². The smallest absolute Gasteiger partial charge is 0.364 e. The SMILES string of the molecule is O=C(OCCC1CCC1)c1cc([N+](=O)[O-])ncc1Br. The molecule has 0 bridgehead atoms. The van der Waals surface area contributed by atoms with Crippen LogP contribution in [0.15, 0.2) is 16.7 Å². The summed E-state index contributed by atoms with van der Waals surface area (Å²) in [5.74, 6) is -0.270. The van der Waals surface area contributed by atoms with Gasteiger partial charge in [0.15, 0.2) is 6.20 Å². The Morgan fingerprint density at radius 3 is 2.89 bits per heavy atom. The molecule has 1 heterocycles. The summed E-state index contributed by atoms with van der Waals surface area (Å²) in [4.78, 5) is 25.4. The highest BCUT2D eigenvalue weighted by Crippen LogP contribution is 2.29. The fourth-order valence-electron chi connectivity index (χ4n) is 1.86. The summed E-state index contributed by atoms with van der Waals surface area (Å²) in [5, 5.41) is 10.6. The lowest BCUT2D eigenvalue weighted by molar-refractivity contribution is -0.389. The van der Waals surface area contributed by atoms with E-state index >= 15 is 0 Å². The van der Waals surface area contributed by atoms with Crippen LogP contribution in [-0.2, 0) is 4.74 Å². The Kier molecular flexibility index (Phi) is 4.47. The van der Waals surface area contributed by atoms with Gasteiger partial charge >= 0.3 is 11.8 Å². The summed E-state index contributed by atoms with van der Waals surface area (Å²) in [6.07, 6.45) is 5.74. The molecule has 6 nitrogen and oxygen atoms in total. The molecule has 1 aromatic heterocycles. The van der Waals surface area contributed by atoms with Crippen LogP contribution in [-0.4, -0.2) is 22.5 Å². The van der Waals surface area contributed by atoms with Gasteiger partial charge in [0.1, 0.15) is 0 Å². The number of hydrogen-bond acceptors (Lipinski definition) is 5. The van der Waals surface area contributed by atoms with Gasteiger partial charge in [-0.15, -0.1) is 0 Å². The summed E-state index contributed by atoms with van der Waals surface area (Å²) in [6, 6.07) is 1.12. The van der Waals surface area contributed by atoms with Gasteiger partial charge < -0.3 is 14.9 Å². The number of rotatable bonds is 5. The van der Waals surface area contributed by atoms with Crippen molar-refractivity contribution in [3.05, 3.63) is 32.4 Å². The number of esters is 1. The van der Waals surface area contributed by atoms with E-state index in [9.17, 15) is 14.9 Å². The van der Waals surface area contributed by atoms with Crippen LogP contribution in [0.4, 0.5) is 5.82 Å². The van der Waals surface area contributed by atoms with Crippen LogP contribution in [0.5, 0.6) is 0 Å². The van der Waals surface area contributed by atoms with E-state index in [1.807, 2.05) is 0 Å². The highest BCUT2D eigenvalue weighted by atomic mass is 79.9. The summed E-state index contributed by atoms with van der Waals surface area (Å²) >= 11 is 3.14. The Hall–Kier alpha value is -1.50. The Morgan fingerprint density at radius 1 is 1.58 bits per heavy atom. The van der Waals surface area contributed by atoms with Gasteiger partial charge in [-0.1, -0.05) is 19.3 Å². The number of nitro groups is 1. The van der Waals surface area contributed by atoms with E-state index in [1.165, 1.54) is 25.5 Å². The van der Waals surface area contributed by atoms with Crippen LogP contribution >= 0.6 is 15.9 Å². The van der Waals surface area contributed by atoms with Gasteiger partial charge in [-0.2, -0.15) is 0 Å². The van der Waals surface area contributed by atoms with Crippen molar-refractivity contribution in [1.82, 2.24) is 4.98 Å². The number of nitrogens with zero attached hydrogens (tertiary/aromatic N) is 2. The van der Waals surface area contributed by atoms with E-state index < -0.39 is 10.9 Å². The number of hydrogen-bond donors (Lipinski definition) is 0. The third kappa shape index (κ3) is 3.50. The molecule has 0 spiro atoms. The predicted molar refractivity (Wildman–Crippen MR) is 70.8 cm³/mol. The molecule has 2 rings (SSSR count). The fraction of sp³-hybridized carbons (Fsp3) is 0.500. The zero-order chi connectivity index (χ0) is 13.8. The van der Waals surface area contributed by atoms with Gasteiger partial charge in [0.05, 0.1) is 22.7 Å². The van der Waals surface area contributed by atoms with Crippen LogP contribution in [0.3, 0.4) is 0 Å². The maximum atomic E-state index is 11.8. The van der Waals surface area contributed by atoms with Crippen molar-refractivity contribution in [2.45, 2.75) is 25.7 Å². The molecule has 7 heteroatoms. The molecule has 0 amide bonds. The van der Waals surface area contributed by atoms with Crippen molar-refractivity contribution in [2.24, 2.45) is 5.92 Å². The molecule has 0 saturated heterocycles. The number of carbonyl (C=O) groups excluding carboxylic acids is 1. The number of ether oxygens (including phenoxy) is 1. The molecular weight excluding hydrogens is 316 g/mol. The quantitative estimate of drug-likeness (QED) is 0.471. The average molecular weight is 329 g/mol. The standard InChI is InChI=1S/C12H13BrN2O4/c13-10-7-14-11(15(17)18)6-9(10)12(16)19-5-4-8-2-1-3-8/h6-8H,1-5H2. The molecule has 0 radical (unpaired) electrons. The Bertz CT molecular complexity index is 503. The predicted octanol–water partition coefficient (Wildman–Crippen LogP) is 3.10. The molecule has 1 aliphatic carbocycles. The van der Waals surface area contributed by atoms with E-state index in [2.05, 4.69) is 20.9 Å². The molecule has 1 aromatic rings. The minimum absolute atomic E-state index is 0.135. The zero-order valence-electron chi connectivity index (χ0n) is 10.2. The average Bonchev–Trinajstić information content (AvgIpc) is 2.32. The summed E-state index contributed by atoms with van der Waals surface area (Å²) in [5.41, 5.74) is 0.135. The monoisotopic (exact) mass is 328 g/mol. The molecule has 0 N–H and O–H groups in total. The molecule has 1 saturated carbocycles. The molecule has 19 heavy (non-hydrogen) atoms. The first-order valence-corrected chi connectivity index (χ1v) is 6.84. The van der Waals surface area contributed by atoms with E-state index in [0.29, 0.717) is 17.0 Å². The third-order valence-corrected chi connectivity index (χ3v) is 3.86. The van der Waals surface area contributed by atoms with Gasteiger partial charge in [0.2, 0.25) is 0 Å².